The molecule has 2 N–H and O–H groups in total. The van der Waals surface area contributed by atoms with E-state index >= 15 is 0 Å². The summed E-state index contributed by atoms with van der Waals surface area (Å²) in [6, 6.07) is 3.87. The van der Waals surface area contributed by atoms with Gasteiger partial charge in [-0.25, -0.2) is 0 Å². The third kappa shape index (κ3) is 3.58. The molecule has 0 aliphatic rings. The number of hydrogen-bond acceptors (Lipinski definition) is 6. The van der Waals surface area contributed by atoms with E-state index < -0.39 is 15.7 Å². The number of rotatable bonds is 6. The van der Waals surface area contributed by atoms with Gasteiger partial charge in [0.1, 0.15) is 11.6 Å². The van der Waals surface area contributed by atoms with Gasteiger partial charge in [0.2, 0.25) is 0 Å². The Kier molecular flexibility index (Phi) is 5.03. The fourth-order valence-corrected chi connectivity index (χ4v) is 3.44. The predicted octanol–water partition coefficient (Wildman–Crippen LogP) is 1.92. The zero-order valence-electron chi connectivity index (χ0n) is 15.2. The molecule has 0 unspecified atom stereocenters. The normalized spacial score (nSPS) is 11.9. The Bertz CT molecular complexity index is 1160. The van der Waals surface area contributed by atoms with Gasteiger partial charge in [0.15, 0.2) is 5.52 Å². The first-order chi connectivity index (χ1) is 12.8. The minimum atomic E-state index is -4.42. The summed E-state index contributed by atoms with van der Waals surface area (Å²) >= 11 is 0. The molecular formula is C17H20N4O5S. The standard InChI is InChI=1S/C17H20N4O5S/c1-4-6-12-14-15(21(3)20-12)17(22)19-16(18-14)11-9-10(27(23,24)25)7-8-13(11)26-5-2/h7-9H,4-6H2,1-3H3,(H,18,19,22)(H,23,24,25). The van der Waals surface area contributed by atoms with E-state index in [-0.39, 0.29) is 16.3 Å². The number of nitrogens with zero attached hydrogens (tertiary/aromatic N) is 3. The van der Waals surface area contributed by atoms with Crippen LogP contribution in [0.15, 0.2) is 27.9 Å². The summed E-state index contributed by atoms with van der Waals surface area (Å²) in [4.78, 5) is 19.4. The molecule has 9 nitrogen and oxygen atoms in total. The largest absolute Gasteiger partial charge is 0.493 e. The molecule has 0 atom stereocenters. The Morgan fingerprint density at radius 3 is 2.67 bits per heavy atom. The average molecular weight is 392 g/mol. The van der Waals surface area contributed by atoms with Gasteiger partial charge < -0.3 is 9.72 Å². The summed E-state index contributed by atoms with van der Waals surface area (Å²) in [6.45, 7) is 4.11. The van der Waals surface area contributed by atoms with Crippen LogP contribution in [0, 0.1) is 0 Å². The highest BCUT2D eigenvalue weighted by atomic mass is 32.2. The van der Waals surface area contributed by atoms with Crippen LogP contribution in [0.4, 0.5) is 0 Å². The van der Waals surface area contributed by atoms with Crippen molar-refractivity contribution in [3.8, 4) is 17.1 Å². The van der Waals surface area contributed by atoms with Crippen LogP contribution in [-0.2, 0) is 23.6 Å². The van der Waals surface area contributed by atoms with E-state index in [1.54, 1.807) is 14.0 Å². The van der Waals surface area contributed by atoms with Gasteiger partial charge in [-0.2, -0.15) is 18.5 Å². The van der Waals surface area contributed by atoms with Crippen molar-refractivity contribution in [2.75, 3.05) is 6.61 Å². The Labute approximate surface area is 155 Å². The molecule has 3 aromatic rings. The number of ether oxygens (including phenoxy) is 1. The van der Waals surface area contributed by atoms with Crippen molar-refractivity contribution >= 4 is 21.2 Å². The molecule has 10 heteroatoms. The molecule has 2 aromatic heterocycles. The lowest BCUT2D eigenvalue weighted by atomic mass is 10.1. The van der Waals surface area contributed by atoms with E-state index in [4.69, 9.17) is 4.74 Å². The lowest BCUT2D eigenvalue weighted by Crippen LogP contribution is -2.13. The first kappa shape index (κ1) is 19.1. The molecule has 0 bridgehead atoms. The van der Waals surface area contributed by atoms with Crippen molar-refractivity contribution in [2.45, 2.75) is 31.6 Å². The van der Waals surface area contributed by atoms with E-state index in [0.717, 1.165) is 12.1 Å². The fourth-order valence-electron chi connectivity index (χ4n) is 2.93. The van der Waals surface area contributed by atoms with Crippen LogP contribution in [0.3, 0.4) is 0 Å². The molecule has 0 radical (unpaired) electrons. The number of hydrogen-bond donors (Lipinski definition) is 2. The maximum Gasteiger partial charge on any atom is 0.299 e. The van der Waals surface area contributed by atoms with E-state index in [0.29, 0.717) is 29.8 Å². The molecular weight excluding hydrogens is 372 g/mol. The molecule has 0 fully saturated rings. The second-order valence-electron chi connectivity index (χ2n) is 6.00. The number of aryl methyl sites for hydroxylation is 2. The monoisotopic (exact) mass is 392 g/mol. The van der Waals surface area contributed by atoms with Gasteiger partial charge in [-0.1, -0.05) is 13.3 Å². The molecule has 0 aliphatic carbocycles. The zero-order valence-corrected chi connectivity index (χ0v) is 16.0. The van der Waals surface area contributed by atoms with Crippen molar-refractivity contribution in [3.05, 3.63) is 34.2 Å². The summed E-state index contributed by atoms with van der Waals surface area (Å²) in [5.41, 5.74) is 1.38. The number of nitrogens with one attached hydrogen (secondary N) is 1. The second-order valence-corrected chi connectivity index (χ2v) is 7.42. The van der Waals surface area contributed by atoms with Gasteiger partial charge in [-0.3, -0.25) is 14.0 Å². The van der Waals surface area contributed by atoms with Crippen LogP contribution in [0.2, 0.25) is 0 Å². The molecule has 27 heavy (non-hydrogen) atoms. The Hall–Kier alpha value is -2.72. The van der Waals surface area contributed by atoms with Crippen molar-refractivity contribution < 1.29 is 17.7 Å². The highest BCUT2D eigenvalue weighted by Crippen LogP contribution is 2.31. The fraction of sp³-hybridized carbons (Fsp3) is 0.353. The van der Waals surface area contributed by atoms with Gasteiger partial charge in [0.25, 0.3) is 15.7 Å². The Morgan fingerprint density at radius 1 is 1.30 bits per heavy atom. The molecule has 3 rings (SSSR count). The van der Waals surface area contributed by atoms with Crippen LogP contribution >= 0.6 is 0 Å². The minimum absolute atomic E-state index is 0.145. The molecule has 0 saturated carbocycles. The van der Waals surface area contributed by atoms with Gasteiger partial charge in [0, 0.05) is 7.05 Å². The van der Waals surface area contributed by atoms with Crippen molar-refractivity contribution in [2.24, 2.45) is 7.05 Å². The molecule has 0 amide bonds. The summed E-state index contributed by atoms with van der Waals surface area (Å²) in [5, 5.41) is 4.37. The highest BCUT2D eigenvalue weighted by molar-refractivity contribution is 7.85. The number of fused-ring (bicyclic) bond motifs is 1. The Balaban J connectivity index is 2.31. The van der Waals surface area contributed by atoms with Crippen LogP contribution < -0.4 is 10.3 Å². The smallest absolute Gasteiger partial charge is 0.299 e. The van der Waals surface area contributed by atoms with Crippen LogP contribution in [-0.4, -0.2) is 39.3 Å². The first-order valence-corrected chi connectivity index (χ1v) is 9.90. The van der Waals surface area contributed by atoms with Crippen LogP contribution in [0.5, 0.6) is 5.75 Å². The number of aromatic nitrogens is 4. The van der Waals surface area contributed by atoms with Gasteiger partial charge >= 0.3 is 0 Å². The van der Waals surface area contributed by atoms with E-state index in [2.05, 4.69) is 15.1 Å². The third-order valence-corrected chi connectivity index (χ3v) is 4.92. The number of H-pyrrole nitrogens is 1. The molecule has 0 spiro atoms. The quantitative estimate of drug-likeness (QED) is 0.614. The summed E-state index contributed by atoms with van der Waals surface area (Å²) in [7, 11) is -2.75. The number of benzene rings is 1. The summed E-state index contributed by atoms with van der Waals surface area (Å²) in [6.07, 6.45) is 1.51. The first-order valence-electron chi connectivity index (χ1n) is 8.46. The van der Waals surface area contributed by atoms with Crippen molar-refractivity contribution in [1.29, 1.82) is 0 Å². The maximum atomic E-state index is 12.6. The summed E-state index contributed by atoms with van der Waals surface area (Å²) in [5.74, 6) is 0.486. The molecule has 2 heterocycles. The van der Waals surface area contributed by atoms with E-state index in [1.165, 1.54) is 22.9 Å². The summed E-state index contributed by atoms with van der Waals surface area (Å²) < 4.78 is 39.4. The van der Waals surface area contributed by atoms with Crippen molar-refractivity contribution in [3.63, 3.8) is 0 Å². The van der Waals surface area contributed by atoms with Gasteiger partial charge in [0.05, 0.1) is 28.3 Å². The van der Waals surface area contributed by atoms with E-state index in [9.17, 15) is 17.8 Å². The predicted molar refractivity (Wildman–Crippen MR) is 99.5 cm³/mol. The lowest BCUT2D eigenvalue weighted by molar-refractivity contribution is 0.341. The Morgan fingerprint density at radius 2 is 2.04 bits per heavy atom. The van der Waals surface area contributed by atoms with Gasteiger partial charge in [-0.15, -0.1) is 0 Å². The molecule has 144 valence electrons. The highest BCUT2D eigenvalue weighted by Gasteiger charge is 2.19. The van der Waals surface area contributed by atoms with Crippen LogP contribution in [0.25, 0.3) is 22.4 Å². The molecule has 0 aliphatic heterocycles. The zero-order chi connectivity index (χ0) is 19.8. The minimum Gasteiger partial charge on any atom is -0.493 e. The maximum absolute atomic E-state index is 12.6. The van der Waals surface area contributed by atoms with Crippen LogP contribution in [0.1, 0.15) is 26.0 Å². The van der Waals surface area contributed by atoms with E-state index in [1.807, 2.05) is 6.92 Å². The second kappa shape index (κ2) is 7.12. The topological polar surface area (TPSA) is 127 Å². The molecule has 1 aromatic carbocycles. The molecule has 0 saturated heterocycles. The van der Waals surface area contributed by atoms with Gasteiger partial charge in [-0.05, 0) is 31.5 Å². The lowest BCUT2D eigenvalue weighted by Gasteiger charge is -2.11. The van der Waals surface area contributed by atoms with Crippen molar-refractivity contribution in [1.82, 2.24) is 19.7 Å². The number of aromatic amines is 1. The average Bonchev–Trinajstić information content (AvgIpc) is 2.91. The third-order valence-electron chi connectivity index (χ3n) is 4.07. The SMILES string of the molecule is CCCc1nn(C)c2c(=O)nc(-c3cc(S(=O)(=O)O)ccc3OCC)[nH]c12.